The molecule has 0 heterocycles. The molecule has 416 valence electrons. The van der Waals surface area contributed by atoms with Gasteiger partial charge in [-0.05, 0) is 19.3 Å². The van der Waals surface area contributed by atoms with E-state index in [1.165, 1.54) is 276 Å². The second-order valence-electron chi connectivity index (χ2n) is 22.1. The van der Waals surface area contributed by atoms with Crippen molar-refractivity contribution >= 4 is 17.9 Å². The average Bonchev–Trinajstić information content (AvgIpc) is 3.36. The molecule has 0 aliphatic heterocycles. The third-order valence-corrected chi connectivity index (χ3v) is 14.9. The van der Waals surface area contributed by atoms with Gasteiger partial charge >= 0.3 is 17.9 Å². The number of hydrogen-bond acceptors (Lipinski definition) is 6. The molecular formula is C64H124O6. The Bertz CT molecular complexity index is 1040. The van der Waals surface area contributed by atoms with Crippen molar-refractivity contribution in [3.8, 4) is 0 Å². The number of hydrogen-bond donors (Lipinski definition) is 0. The number of esters is 3. The van der Waals surface area contributed by atoms with Crippen molar-refractivity contribution in [2.24, 2.45) is 0 Å². The van der Waals surface area contributed by atoms with Crippen molar-refractivity contribution in [3.05, 3.63) is 0 Å². The normalized spacial score (nSPS) is 11.9. The molecule has 0 bridgehead atoms. The highest BCUT2D eigenvalue weighted by molar-refractivity contribution is 5.71. The smallest absolute Gasteiger partial charge is 0.306 e. The van der Waals surface area contributed by atoms with Crippen molar-refractivity contribution < 1.29 is 28.6 Å². The average molecular weight is 990 g/mol. The number of ether oxygens (including phenoxy) is 3. The third kappa shape index (κ3) is 57.3. The Kier molecular flexibility index (Phi) is 58.6. The summed E-state index contributed by atoms with van der Waals surface area (Å²) in [6.07, 6.45) is 68.4. The lowest BCUT2D eigenvalue weighted by Crippen LogP contribution is -2.30. The molecule has 0 aromatic heterocycles. The van der Waals surface area contributed by atoms with Gasteiger partial charge in [-0.25, -0.2) is 0 Å². The first kappa shape index (κ1) is 68.4. The number of rotatable bonds is 60. The standard InChI is InChI=1S/C64H124O6/c1-4-7-10-13-16-19-22-25-26-27-28-29-30-31-32-33-34-35-36-37-38-40-42-45-48-51-54-57-63(66)69-60-61(59-68-62(65)56-53-50-47-44-41-24-21-18-15-12-9-6-3)70-64(67)58-55-52-49-46-43-39-23-20-17-14-11-8-5-2/h61H,4-60H2,1-3H3. The molecule has 0 aliphatic rings. The van der Waals surface area contributed by atoms with Crippen molar-refractivity contribution in [1.82, 2.24) is 0 Å². The van der Waals surface area contributed by atoms with Crippen LogP contribution in [0.25, 0.3) is 0 Å². The molecule has 0 saturated heterocycles. The highest BCUT2D eigenvalue weighted by Gasteiger charge is 2.19. The molecule has 0 amide bonds. The first-order valence-electron chi connectivity index (χ1n) is 32.0. The van der Waals surface area contributed by atoms with E-state index in [9.17, 15) is 14.4 Å². The molecule has 70 heavy (non-hydrogen) atoms. The Balaban J connectivity index is 4.10. The van der Waals surface area contributed by atoms with Crippen LogP contribution in [0.1, 0.15) is 374 Å². The van der Waals surface area contributed by atoms with Crippen LogP contribution in [0.5, 0.6) is 0 Å². The van der Waals surface area contributed by atoms with Crippen molar-refractivity contribution in [2.45, 2.75) is 380 Å². The lowest BCUT2D eigenvalue weighted by molar-refractivity contribution is -0.167. The highest BCUT2D eigenvalue weighted by atomic mass is 16.6. The Morgan fingerprint density at radius 2 is 0.386 bits per heavy atom. The zero-order valence-corrected chi connectivity index (χ0v) is 47.8. The number of unbranched alkanes of at least 4 members (excludes halogenated alkanes) is 49. The summed E-state index contributed by atoms with van der Waals surface area (Å²) in [5, 5.41) is 0. The van der Waals surface area contributed by atoms with Crippen molar-refractivity contribution in [3.63, 3.8) is 0 Å². The van der Waals surface area contributed by atoms with E-state index in [-0.39, 0.29) is 31.1 Å². The maximum atomic E-state index is 12.8. The van der Waals surface area contributed by atoms with E-state index in [1.54, 1.807) is 0 Å². The molecule has 1 atom stereocenters. The zero-order chi connectivity index (χ0) is 50.7. The van der Waals surface area contributed by atoms with Crippen LogP contribution in [-0.4, -0.2) is 37.2 Å². The van der Waals surface area contributed by atoms with Gasteiger partial charge < -0.3 is 14.2 Å². The maximum absolute atomic E-state index is 12.8. The summed E-state index contributed by atoms with van der Waals surface area (Å²) >= 11 is 0. The summed E-state index contributed by atoms with van der Waals surface area (Å²) in [6, 6.07) is 0. The van der Waals surface area contributed by atoms with Gasteiger partial charge in [-0.2, -0.15) is 0 Å². The van der Waals surface area contributed by atoms with Crippen molar-refractivity contribution in [2.75, 3.05) is 13.2 Å². The molecule has 6 heteroatoms. The first-order valence-corrected chi connectivity index (χ1v) is 32.0. The third-order valence-electron chi connectivity index (χ3n) is 14.9. The van der Waals surface area contributed by atoms with Crippen LogP contribution in [0, 0.1) is 0 Å². The quantitative estimate of drug-likeness (QED) is 0.0343. The molecule has 0 radical (unpaired) electrons. The lowest BCUT2D eigenvalue weighted by atomic mass is 10.0. The molecule has 1 unspecified atom stereocenters. The van der Waals surface area contributed by atoms with E-state index >= 15 is 0 Å². The Hall–Kier alpha value is -1.59. The lowest BCUT2D eigenvalue weighted by Gasteiger charge is -2.18. The topological polar surface area (TPSA) is 78.9 Å². The molecule has 0 fully saturated rings. The summed E-state index contributed by atoms with van der Waals surface area (Å²) in [4.78, 5) is 38.2. The van der Waals surface area contributed by atoms with Crippen LogP contribution in [0.3, 0.4) is 0 Å². The fourth-order valence-electron chi connectivity index (χ4n) is 10.0. The zero-order valence-electron chi connectivity index (χ0n) is 47.8. The van der Waals surface area contributed by atoms with E-state index < -0.39 is 6.10 Å². The summed E-state index contributed by atoms with van der Waals surface area (Å²) in [7, 11) is 0. The fraction of sp³-hybridized carbons (Fsp3) is 0.953. The maximum Gasteiger partial charge on any atom is 0.306 e. The molecule has 0 rings (SSSR count). The summed E-state index contributed by atoms with van der Waals surface area (Å²) < 4.78 is 16.9. The van der Waals surface area contributed by atoms with Gasteiger partial charge in [0.2, 0.25) is 0 Å². The molecule has 0 aliphatic carbocycles. The van der Waals surface area contributed by atoms with Gasteiger partial charge in [0.25, 0.3) is 0 Å². The minimum absolute atomic E-state index is 0.0609. The molecular weight excluding hydrogens is 865 g/mol. The Morgan fingerprint density at radius 1 is 0.229 bits per heavy atom. The Morgan fingerprint density at radius 3 is 0.571 bits per heavy atom. The molecule has 6 nitrogen and oxygen atoms in total. The van der Waals surface area contributed by atoms with Gasteiger partial charge in [0.05, 0.1) is 0 Å². The minimum Gasteiger partial charge on any atom is -0.462 e. The van der Waals surface area contributed by atoms with Gasteiger partial charge in [0.15, 0.2) is 6.10 Å². The molecule has 0 saturated carbocycles. The summed E-state index contributed by atoms with van der Waals surface area (Å²) in [6.45, 7) is 6.71. The van der Waals surface area contributed by atoms with Crippen LogP contribution in [0.2, 0.25) is 0 Å². The second-order valence-corrected chi connectivity index (χ2v) is 22.1. The SMILES string of the molecule is CCCCCCCCCCCCCCCCCCCCCCCCCCCCCC(=O)OCC(COC(=O)CCCCCCCCCCCCCC)OC(=O)CCCCCCCCCCCCCCC. The molecule has 0 N–H and O–H groups in total. The van der Waals surface area contributed by atoms with Crippen LogP contribution < -0.4 is 0 Å². The van der Waals surface area contributed by atoms with Crippen LogP contribution in [0.4, 0.5) is 0 Å². The van der Waals surface area contributed by atoms with E-state index in [4.69, 9.17) is 14.2 Å². The van der Waals surface area contributed by atoms with Crippen LogP contribution in [-0.2, 0) is 28.6 Å². The van der Waals surface area contributed by atoms with E-state index in [2.05, 4.69) is 20.8 Å². The second kappa shape index (κ2) is 60.0. The Labute approximate surface area is 438 Å². The van der Waals surface area contributed by atoms with Crippen LogP contribution >= 0.6 is 0 Å². The van der Waals surface area contributed by atoms with E-state index in [0.717, 1.165) is 57.8 Å². The van der Waals surface area contributed by atoms with Gasteiger partial charge in [-0.1, -0.05) is 335 Å². The van der Waals surface area contributed by atoms with E-state index in [0.29, 0.717) is 19.3 Å². The minimum atomic E-state index is -0.761. The summed E-state index contributed by atoms with van der Waals surface area (Å²) in [5.74, 6) is -0.830. The summed E-state index contributed by atoms with van der Waals surface area (Å²) in [5.41, 5.74) is 0. The number of carbonyl (C=O) groups excluding carboxylic acids is 3. The van der Waals surface area contributed by atoms with Crippen LogP contribution in [0.15, 0.2) is 0 Å². The molecule has 0 spiro atoms. The van der Waals surface area contributed by atoms with Gasteiger partial charge in [-0.3, -0.25) is 14.4 Å². The van der Waals surface area contributed by atoms with Crippen molar-refractivity contribution in [1.29, 1.82) is 0 Å². The van der Waals surface area contributed by atoms with Gasteiger partial charge in [0, 0.05) is 19.3 Å². The predicted molar refractivity (Wildman–Crippen MR) is 303 cm³/mol. The monoisotopic (exact) mass is 989 g/mol. The van der Waals surface area contributed by atoms with Gasteiger partial charge in [0.1, 0.15) is 13.2 Å². The fourth-order valence-corrected chi connectivity index (χ4v) is 10.0. The van der Waals surface area contributed by atoms with Gasteiger partial charge in [-0.15, -0.1) is 0 Å². The molecule has 0 aromatic carbocycles. The first-order chi connectivity index (χ1) is 34.5. The molecule has 0 aromatic rings. The highest BCUT2D eigenvalue weighted by Crippen LogP contribution is 2.19. The van der Waals surface area contributed by atoms with E-state index in [1.807, 2.05) is 0 Å². The predicted octanol–water partition coefficient (Wildman–Crippen LogP) is 21.5. The number of carbonyl (C=O) groups is 3. The largest absolute Gasteiger partial charge is 0.462 e.